The standard InChI is InChI=1S/C13H25NO3/c1-5-6-7-8-9-12(15)10-14(3,4)11(2)13(16)17/h5-6,11-12,15H,7-10H2,1-4H3/p+1/b6-5+. The number of allylic oxidation sites excluding steroid dienone is 2. The van der Waals surface area contributed by atoms with Crippen LogP contribution in [0, 0.1) is 0 Å². The van der Waals surface area contributed by atoms with Crippen LogP contribution in [0.15, 0.2) is 12.2 Å². The van der Waals surface area contributed by atoms with Crippen molar-refractivity contribution in [2.75, 3.05) is 20.6 Å². The molecule has 0 aromatic rings. The van der Waals surface area contributed by atoms with Crippen molar-refractivity contribution in [2.45, 2.75) is 45.3 Å². The molecule has 2 unspecified atom stereocenters. The van der Waals surface area contributed by atoms with Gasteiger partial charge in [0.25, 0.3) is 0 Å². The number of rotatable bonds is 8. The minimum Gasteiger partial charge on any atom is -0.477 e. The number of hydrogen-bond donors (Lipinski definition) is 2. The molecule has 0 aromatic carbocycles. The fourth-order valence-corrected chi connectivity index (χ4v) is 1.73. The van der Waals surface area contributed by atoms with Crippen molar-refractivity contribution < 1.29 is 19.5 Å². The van der Waals surface area contributed by atoms with Gasteiger partial charge in [-0.1, -0.05) is 12.2 Å². The van der Waals surface area contributed by atoms with E-state index in [1.54, 1.807) is 6.92 Å². The van der Waals surface area contributed by atoms with Gasteiger partial charge in [-0.05, 0) is 33.1 Å². The maximum Gasteiger partial charge on any atom is 0.362 e. The zero-order chi connectivity index (χ0) is 13.5. The van der Waals surface area contributed by atoms with Gasteiger partial charge in [-0.3, -0.25) is 0 Å². The zero-order valence-corrected chi connectivity index (χ0v) is 11.4. The second-order valence-electron chi connectivity index (χ2n) is 5.13. The summed E-state index contributed by atoms with van der Waals surface area (Å²) < 4.78 is 0.306. The molecule has 0 radical (unpaired) electrons. The quantitative estimate of drug-likeness (QED) is 0.388. The van der Waals surface area contributed by atoms with E-state index in [0.717, 1.165) is 19.3 Å². The Kier molecular flexibility index (Phi) is 7.07. The summed E-state index contributed by atoms with van der Waals surface area (Å²) in [5.41, 5.74) is 0. The number of quaternary nitrogens is 1. The summed E-state index contributed by atoms with van der Waals surface area (Å²) in [5.74, 6) is -0.823. The molecule has 0 aliphatic heterocycles. The van der Waals surface area contributed by atoms with Crippen molar-refractivity contribution in [3.63, 3.8) is 0 Å². The van der Waals surface area contributed by atoms with Crippen LogP contribution in [-0.4, -0.2) is 53.5 Å². The van der Waals surface area contributed by atoms with Crippen LogP contribution in [-0.2, 0) is 4.79 Å². The number of aliphatic hydroxyl groups is 1. The summed E-state index contributed by atoms with van der Waals surface area (Å²) in [6.07, 6.45) is 6.27. The smallest absolute Gasteiger partial charge is 0.362 e. The molecule has 4 nitrogen and oxygen atoms in total. The van der Waals surface area contributed by atoms with Crippen molar-refractivity contribution >= 4 is 5.97 Å². The fraction of sp³-hybridized carbons (Fsp3) is 0.769. The molecule has 4 heteroatoms. The summed E-state index contributed by atoms with van der Waals surface area (Å²) in [6.45, 7) is 4.13. The monoisotopic (exact) mass is 244 g/mol. The molecule has 0 bridgehead atoms. The Morgan fingerprint density at radius 1 is 1.41 bits per heavy atom. The SMILES string of the molecule is C/C=C/CCCC(O)C[N+](C)(C)C(C)C(=O)O. The molecule has 0 saturated carbocycles. The average Bonchev–Trinajstić information content (AvgIpc) is 2.22. The van der Waals surface area contributed by atoms with Crippen LogP contribution in [0.2, 0.25) is 0 Å². The zero-order valence-electron chi connectivity index (χ0n) is 11.4. The van der Waals surface area contributed by atoms with E-state index in [9.17, 15) is 9.90 Å². The number of likely N-dealkylation sites (N-methyl/N-ethyl adjacent to an activating group) is 1. The summed E-state index contributed by atoms with van der Waals surface area (Å²) >= 11 is 0. The van der Waals surface area contributed by atoms with Crippen LogP contribution < -0.4 is 0 Å². The minimum atomic E-state index is -0.823. The van der Waals surface area contributed by atoms with E-state index in [4.69, 9.17) is 5.11 Å². The lowest BCUT2D eigenvalue weighted by Crippen LogP contribution is -2.54. The van der Waals surface area contributed by atoms with E-state index in [1.807, 2.05) is 27.1 Å². The lowest BCUT2D eigenvalue weighted by atomic mass is 10.1. The predicted octanol–water partition coefficient (Wildman–Crippen LogP) is 1.64. The van der Waals surface area contributed by atoms with Crippen LogP contribution in [0.4, 0.5) is 0 Å². The van der Waals surface area contributed by atoms with E-state index in [0.29, 0.717) is 11.0 Å². The lowest BCUT2D eigenvalue weighted by molar-refractivity contribution is -0.907. The molecule has 0 saturated heterocycles. The number of hydrogen-bond acceptors (Lipinski definition) is 2. The van der Waals surface area contributed by atoms with E-state index < -0.39 is 18.1 Å². The third-order valence-corrected chi connectivity index (χ3v) is 3.23. The molecule has 2 N–H and O–H groups in total. The van der Waals surface area contributed by atoms with Crippen LogP contribution in [0.3, 0.4) is 0 Å². The highest BCUT2D eigenvalue weighted by atomic mass is 16.4. The summed E-state index contributed by atoms with van der Waals surface area (Å²) in [7, 11) is 3.68. The first kappa shape index (κ1) is 16.1. The fourth-order valence-electron chi connectivity index (χ4n) is 1.73. The maximum atomic E-state index is 10.9. The van der Waals surface area contributed by atoms with Gasteiger partial charge in [-0.2, -0.15) is 0 Å². The summed E-state index contributed by atoms with van der Waals surface area (Å²) in [6, 6.07) is -0.500. The Hall–Kier alpha value is -0.870. The Balaban J connectivity index is 4.08. The van der Waals surface area contributed by atoms with Crippen molar-refractivity contribution in [3.05, 3.63) is 12.2 Å². The number of nitrogens with zero attached hydrogens (tertiary/aromatic N) is 1. The van der Waals surface area contributed by atoms with Crippen LogP contribution in [0.1, 0.15) is 33.1 Å². The van der Waals surface area contributed by atoms with Gasteiger partial charge in [0.05, 0.1) is 14.1 Å². The second kappa shape index (κ2) is 7.45. The molecule has 0 fully saturated rings. The lowest BCUT2D eigenvalue weighted by Gasteiger charge is -2.35. The van der Waals surface area contributed by atoms with Gasteiger partial charge in [0.1, 0.15) is 12.6 Å². The van der Waals surface area contributed by atoms with E-state index in [1.165, 1.54) is 0 Å². The molecule has 17 heavy (non-hydrogen) atoms. The van der Waals surface area contributed by atoms with Crippen LogP contribution >= 0.6 is 0 Å². The molecule has 0 heterocycles. The molecule has 0 aromatic heterocycles. The van der Waals surface area contributed by atoms with E-state index in [2.05, 4.69) is 6.08 Å². The number of aliphatic hydroxyl groups excluding tert-OH is 1. The Morgan fingerprint density at radius 3 is 2.47 bits per heavy atom. The first-order valence-electron chi connectivity index (χ1n) is 6.16. The largest absolute Gasteiger partial charge is 0.477 e. The summed E-state index contributed by atoms with van der Waals surface area (Å²) in [5, 5.41) is 18.9. The Morgan fingerprint density at radius 2 is 2.00 bits per heavy atom. The second-order valence-corrected chi connectivity index (χ2v) is 5.13. The van der Waals surface area contributed by atoms with Gasteiger partial charge in [-0.25, -0.2) is 4.79 Å². The molecule has 0 rings (SSSR count). The van der Waals surface area contributed by atoms with E-state index >= 15 is 0 Å². The number of carbonyl (C=O) groups is 1. The Bertz CT molecular complexity index is 261. The molecule has 2 atom stereocenters. The number of carboxylic acids is 1. The maximum absolute atomic E-state index is 10.9. The van der Waals surface area contributed by atoms with Gasteiger partial charge >= 0.3 is 5.97 Å². The van der Waals surface area contributed by atoms with Crippen molar-refractivity contribution in [3.8, 4) is 0 Å². The van der Waals surface area contributed by atoms with Crippen molar-refractivity contribution in [1.29, 1.82) is 0 Å². The highest BCUT2D eigenvalue weighted by Crippen LogP contribution is 2.11. The van der Waals surface area contributed by atoms with Gasteiger partial charge in [0.2, 0.25) is 0 Å². The number of aliphatic carboxylic acids is 1. The Labute approximate surface area is 104 Å². The molecule has 0 aliphatic rings. The van der Waals surface area contributed by atoms with Crippen LogP contribution in [0.5, 0.6) is 0 Å². The minimum absolute atomic E-state index is 0.306. The van der Waals surface area contributed by atoms with Crippen molar-refractivity contribution in [2.24, 2.45) is 0 Å². The number of unbranched alkanes of at least 4 members (excludes halogenated alkanes) is 1. The first-order chi connectivity index (χ1) is 7.81. The third kappa shape index (κ3) is 6.44. The van der Waals surface area contributed by atoms with Crippen molar-refractivity contribution in [1.82, 2.24) is 0 Å². The topological polar surface area (TPSA) is 57.5 Å². The van der Waals surface area contributed by atoms with Gasteiger partial charge in [-0.15, -0.1) is 0 Å². The molecule has 0 spiro atoms. The molecule has 0 amide bonds. The highest BCUT2D eigenvalue weighted by Gasteiger charge is 2.32. The first-order valence-corrected chi connectivity index (χ1v) is 6.16. The third-order valence-electron chi connectivity index (χ3n) is 3.23. The van der Waals surface area contributed by atoms with Gasteiger partial charge in [0, 0.05) is 0 Å². The average molecular weight is 244 g/mol. The molecule has 0 aliphatic carbocycles. The van der Waals surface area contributed by atoms with E-state index in [-0.39, 0.29) is 0 Å². The normalized spacial score (nSPS) is 16.1. The van der Waals surface area contributed by atoms with Crippen LogP contribution in [0.25, 0.3) is 0 Å². The molecular weight excluding hydrogens is 218 g/mol. The molecule has 100 valence electrons. The van der Waals surface area contributed by atoms with Gasteiger partial charge < -0.3 is 14.7 Å². The number of carboxylic acid groups (broad SMARTS) is 1. The summed E-state index contributed by atoms with van der Waals surface area (Å²) in [4.78, 5) is 10.9. The highest BCUT2D eigenvalue weighted by molar-refractivity contribution is 5.71. The predicted molar refractivity (Wildman–Crippen MR) is 68.7 cm³/mol. The van der Waals surface area contributed by atoms with Gasteiger partial charge in [0.15, 0.2) is 6.04 Å². The molecular formula is C13H26NO3+.